The molecule has 1 amide bonds. The van der Waals surface area contributed by atoms with E-state index in [1.807, 2.05) is 11.8 Å². The lowest BCUT2D eigenvalue weighted by molar-refractivity contribution is -0.115. The smallest absolute Gasteiger partial charge is 0.225 e. The Bertz CT molecular complexity index is 463. The number of rotatable bonds is 5. The maximum atomic E-state index is 13.0. The fraction of sp³-hybridized carbons (Fsp3) is 0.533. The Morgan fingerprint density at radius 1 is 1.35 bits per heavy atom. The van der Waals surface area contributed by atoms with Crippen LogP contribution < -0.4 is 5.32 Å². The Kier molecular flexibility index (Phi) is 6.17. The second kappa shape index (κ2) is 7.89. The van der Waals surface area contributed by atoms with Gasteiger partial charge >= 0.3 is 0 Å². The molecule has 5 heteroatoms. The molecule has 0 saturated heterocycles. The normalized spacial score (nSPS) is 16.1. The van der Waals surface area contributed by atoms with Crippen LogP contribution in [0, 0.1) is 5.82 Å². The number of hydrogen-bond donors (Lipinski definition) is 1. The van der Waals surface area contributed by atoms with E-state index in [1.54, 1.807) is 0 Å². The molecule has 1 N–H and O–H groups in total. The largest absolute Gasteiger partial charge is 0.326 e. The summed E-state index contributed by atoms with van der Waals surface area (Å²) in [4.78, 5) is 11.8. The molecule has 0 heterocycles. The first-order valence-corrected chi connectivity index (χ1v) is 8.44. The first-order chi connectivity index (χ1) is 9.65. The van der Waals surface area contributed by atoms with E-state index in [2.05, 4.69) is 5.32 Å². The molecule has 0 aromatic heterocycles. The van der Waals surface area contributed by atoms with E-state index in [0.29, 0.717) is 12.1 Å². The molecule has 1 saturated carbocycles. The predicted octanol–water partition coefficient (Wildman–Crippen LogP) is 4.87. The molecule has 1 fully saturated rings. The fourth-order valence-electron chi connectivity index (χ4n) is 2.35. The van der Waals surface area contributed by atoms with Crippen molar-refractivity contribution in [1.82, 2.24) is 0 Å². The first kappa shape index (κ1) is 15.6. The van der Waals surface area contributed by atoms with Crippen molar-refractivity contribution in [2.75, 3.05) is 11.1 Å². The van der Waals surface area contributed by atoms with Crippen molar-refractivity contribution in [3.05, 3.63) is 29.0 Å². The van der Waals surface area contributed by atoms with E-state index >= 15 is 0 Å². The number of thioether (sulfide) groups is 1. The lowest BCUT2D eigenvalue weighted by Crippen LogP contribution is -2.14. The average Bonchev–Trinajstić information content (AvgIpc) is 2.44. The van der Waals surface area contributed by atoms with Gasteiger partial charge in [-0.25, -0.2) is 4.39 Å². The summed E-state index contributed by atoms with van der Waals surface area (Å²) < 4.78 is 13.0. The number of hydrogen-bond acceptors (Lipinski definition) is 2. The molecule has 2 nitrogen and oxygen atoms in total. The van der Waals surface area contributed by atoms with Gasteiger partial charge in [-0.3, -0.25) is 4.79 Å². The van der Waals surface area contributed by atoms with Gasteiger partial charge in [0.1, 0.15) is 5.82 Å². The second-order valence-corrected chi connectivity index (χ2v) is 6.87. The second-order valence-electron chi connectivity index (χ2n) is 5.06. The van der Waals surface area contributed by atoms with Gasteiger partial charge in [-0.15, -0.1) is 0 Å². The maximum absolute atomic E-state index is 13.0. The fourth-order valence-corrected chi connectivity index (χ4v) is 3.83. The number of benzene rings is 1. The van der Waals surface area contributed by atoms with Crippen LogP contribution >= 0.6 is 23.4 Å². The van der Waals surface area contributed by atoms with Crippen LogP contribution in [0.3, 0.4) is 0 Å². The Balaban J connectivity index is 1.70. The van der Waals surface area contributed by atoms with Crippen molar-refractivity contribution in [2.45, 2.75) is 43.8 Å². The quantitative estimate of drug-likeness (QED) is 0.839. The van der Waals surface area contributed by atoms with Crippen molar-refractivity contribution in [2.24, 2.45) is 0 Å². The molecule has 0 bridgehead atoms. The SMILES string of the molecule is O=C(CCSC1CCCCC1)Nc1ccc(F)c(Cl)c1. The molecule has 1 aliphatic carbocycles. The summed E-state index contributed by atoms with van der Waals surface area (Å²) in [6, 6.07) is 4.21. The number of carbonyl (C=O) groups is 1. The lowest BCUT2D eigenvalue weighted by atomic mass is 10.0. The third-order valence-corrected chi connectivity index (χ3v) is 5.11. The molecular weight excluding hydrogens is 297 g/mol. The number of amides is 1. The first-order valence-electron chi connectivity index (χ1n) is 7.01. The highest BCUT2D eigenvalue weighted by Gasteiger charge is 2.14. The highest BCUT2D eigenvalue weighted by molar-refractivity contribution is 7.99. The molecule has 1 aromatic carbocycles. The van der Waals surface area contributed by atoms with Crippen molar-refractivity contribution >= 4 is 35.0 Å². The van der Waals surface area contributed by atoms with Gasteiger partial charge < -0.3 is 5.32 Å². The summed E-state index contributed by atoms with van der Waals surface area (Å²) in [5.41, 5.74) is 0.545. The average molecular weight is 316 g/mol. The summed E-state index contributed by atoms with van der Waals surface area (Å²) in [7, 11) is 0. The Labute approximate surface area is 128 Å². The van der Waals surface area contributed by atoms with Gasteiger partial charge in [0.2, 0.25) is 5.91 Å². The summed E-state index contributed by atoms with van der Waals surface area (Å²) >= 11 is 7.57. The van der Waals surface area contributed by atoms with E-state index in [9.17, 15) is 9.18 Å². The zero-order valence-corrected chi connectivity index (χ0v) is 12.9. The zero-order valence-electron chi connectivity index (χ0n) is 11.3. The molecule has 0 spiro atoms. The van der Waals surface area contributed by atoms with Crippen LogP contribution in [0.4, 0.5) is 10.1 Å². The molecule has 0 radical (unpaired) electrons. The van der Waals surface area contributed by atoms with Gasteiger partial charge in [-0.05, 0) is 31.0 Å². The molecule has 1 aromatic rings. The van der Waals surface area contributed by atoms with Gasteiger partial charge in [0.05, 0.1) is 5.02 Å². The summed E-state index contributed by atoms with van der Waals surface area (Å²) in [5.74, 6) is 0.319. The van der Waals surface area contributed by atoms with Crippen molar-refractivity contribution in [3.8, 4) is 0 Å². The summed E-state index contributed by atoms with van der Waals surface area (Å²) in [6.07, 6.45) is 7.02. The minimum Gasteiger partial charge on any atom is -0.326 e. The molecule has 110 valence electrons. The van der Waals surface area contributed by atoms with Crippen LogP contribution in [0.5, 0.6) is 0 Å². The van der Waals surface area contributed by atoms with E-state index < -0.39 is 5.82 Å². The van der Waals surface area contributed by atoms with Crippen LogP contribution in [0.25, 0.3) is 0 Å². The van der Waals surface area contributed by atoms with Gasteiger partial charge in [0.25, 0.3) is 0 Å². The van der Waals surface area contributed by atoms with E-state index in [1.165, 1.54) is 50.3 Å². The van der Waals surface area contributed by atoms with Crippen LogP contribution in [0.1, 0.15) is 38.5 Å². The third-order valence-electron chi connectivity index (χ3n) is 3.44. The van der Waals surface area contributed by atoms with Gasteiger partial charge in [-0.1, -0.05) is 30.9 Å². The van der Waals surface area contributed by atoms with Crippen molar-refractivity contribution in [3.63, 3.8) is 0 Å². The van der Waals surface area contributed by atoms with Gasteiger partial charge in [0, 0.05) is 23.1 Å². The Morgan fingerprint density at radius 2 is 2.10 bits per heavy atom. The van der Waals surface area contributed by atoms with Crippen LogP contribution in [-0.4, -0.2) is 16.9 Å². The van der Waals surface area contributed by atoms with E-state index in [0.717, 1.165) is 11.0 Å². The van der Waals surface area contributed by atoms with Gasteiger partial charge in [0.15, 0.2) is 0 Å². The number of nitrogens with one attached hydrogen (secondary N) is 1. The highest BCUT2D eigenvalue weighted by atomic mass is 35.5. The summed E-state index contributed by atoms with van der Waals surface area (Å²) in [5, 5.41) is 3.49. The Hall–Kier alpha value is -0.740. The monoisotopic (exact) mass is 315 g/mol. The van der Waals surface area contributed by atoms with Gasteiger partial charge in [-0.2, -0.15) is 11.8 Å². The highest BCUT2D eigenvalue weighted by Crippen LogP contribution is 2.28. The third kappa shape index (κ3) is 4.98. The zero-order chi connectivity index (χ0) is 14.4. The molecule has 0 unspecified atom stereocenters. The number of anilines is 1. The minimum absolute atomic E-state index is 0.0272. The lowest BCUT2D eigenvalue weighted by Gasteiger charge is -2.20. The molecular formula is C15H19ClFNOS. The van der Waals surface area contributed by atoms with Crippen LogP contribution in [0.2, 0.25) is 5.02 Å². The molecule has 0 atom stereocenters. The minimum atomic E-state index is -0.475. The van der Waals surface area contributed by atoms with Crippen LogP contribution in [-0.2, 0) is 4.79 Å². The molecule has 20 heavy (non-hydrogen) atoms. The number of halogens is 2. The van der Waals surface area contributed by atoms with Crippen LogP contribution in [0.15, 0.2) is 18.2 Å². The standard InChI is InChI=1S/C15H19ClFNOS/c16-13-10-11(6-7-14(13)17)18-15(19)8-9-20-12-4-2-1-3-5-12/h6-7,10,12H,1-5,8-9H2,(H,18,19). The Morgan fingerprint density at radius 3 is 2.80 bits per heavy atom. The molecule has 2 rings (SSSR count). The van der Waals surface area contributed by atoms with Crippen molar-refractivity contribution < 1.29 is 9.18 Å². The topological polar surface area (TPSA) is 29.1 Å². The maximum Gasteiger partial charge on any atom is 0.225 e. The van der Waals surface area contributed by atoms with E-state index in [-0.39, 0.29) is 10.9 Å². The summed E-state index contributed by atoms with van der Waals surface area (Å²) in [6.45, 7) is 0. The molecule has 0 aliphatic heterocycles. The number of carbonyl (C=O) groups excluding carboxylic acids is 1. The van der Waals surface area contributed by atoms with E-state index in [4.69, 9.17) is 11.6 Å². The predicted molar refractivity (Wildman–Crippen MR) is 84.0 cm³/mol. The van der Waals surface area contributed by atoms with Crippen molar-refractivity contribution in [1.29, 1.82) is 0 Å². The molecule has 1 aliphatic rings.